The Morgan fingerprint density at radius 2 is 2.40 bits per heavy atom. The number of sulfonamides is 1. The van der Waals surface area contributed by atoms with Gasteiger partial charge in [0.2, 0.25) is 10.0 Å². The molecule has 2 unspecified atom stereocenters. The third-order valence-corrected chi connectivity index (χ3v) is 6.73. The normalized spacial score (nSPS) is 22.9. The Hall–Kier alpha value is 0.01000. The summed E-state index contributed by atoms with van der Waals surface area (Å²) in [5.41, 5.74) is 2.85. The first-order valence-electron chi connectivity index (χ1n) is 6.55. The molecule has 1 aromatic heterocycles. The molecule has 1 saturated heterocycles. The van der Waals surface area contributed by atoms with E-state index in [4.69, 9.17) is 5.84 Å². The Morgan fingerprint density at radius 1 is 1.65 bits per heavy atom. The van der Waals surface area contributed by atoms with E-state index >= 15 is 0 Å². The lowest BCUT2D eigenvalue weighted by molar-refractivity contribution is 0.239. The Balaban J connectivity index is 2.01. The highest BCUT2D eigenvalue weighted by molar-refractivity contribution is 9.10. The lowest BCUT2D eigenvalue weighted by Crippen LogP contribution is -2.40. The maximum Gasteiger partial charge on any atom is 0.211 e. The van der Waals surface area contributed by atoms with Crippen molar-refractivity contribution in [2.45, 2.75) is 25.3 Å². The lowest BCUT2D eigenvalue weighted by atomic mass is 9.92. The Bertz CT molecular complexity index is 547. The molecular formula is C12H20BrN3O2S2. The van der Waals surface area contributed by atoms with E-state index in [0.717, 1.165) is 23.7 Å². The molecule has 1 fully saturated rings. The Morgan fingerprint density at radius 3 is 2.95 bits per heavy atom. The summed E-state index contributed by atoms with van der Waals surface area (Å²) in [6.45, 7) is 1.24. The van der Waals surface area contributed by atoms with Gasteiger partial charge in [0.15, 0.2) is 0 Å². The molecular weight excluding hydrogens is 362 g/mol. The second-order valence-electron chi connectivity index (χ2n) is 5.25. The minimum absolute atomic E-state index is 0.0795. The monoisotopic (exact) mass is 381 g/mol. The van der Waals surface area contributed by atoms with Crippen LogP contribution in [0, 0.1) is 5.92 Å². The smallest absolute Gasteiger partial charge is 0.211 e. The second kappa shape index (κ2) is 6.85. The summed E-state index contributed by atoms with van der Waals surface area (Å²) in [4.78, 5) is 1.18. The fourth-order valence-electron chi connectivity index (χ4n) is 2.63. The minimum atomic E-state index is -3.09. The fourth-order valence-corrected chi connectivity index (χ4v) is 5.09. The first kappa shape index (κ1) is 16.4. The van der Waals surface area contributed by atoms with Gasteiger partial charge >= 0.3 is 0 Å². The molecule has 1 aromatic rings. The van der Waals surface area contributed by atoms with E-state index in [-0.39, 0.29) is 6.04 Å². The number of thiophene rings is 1. The number of rotatable bonds is 5. The lowest BCUT2D eigenvalue weighted by Gasteiger charge is -2.32. The number of nitrogens with zero attached hydrogens (tertiary/aromatic N) is 1. The van der Waals surface area contributed by atoms with Gasteiger partial charge in [-0.3, -0.25) is 11.3 Å². The molecule has 0 aromatic carbocycles. The summed E-state index contributed by atoms with van der Waals surface area (Å²) >= 11 is 5.10. The number of nitrogens with two attached hydrogens (primary N) is 1. The van der Waals surface area contributed by atoms with Gasteiger partial charge < -0.3 is 0 Å². The van der Waals surface area contributed by atoms with E-state index in [0.29, 0.717) is 19.0 Å². The van der Waals surface area contributed by atoms with Crippen LogP contribution in [0.4, 0.5) is 0 Å². The molecule has 8 heteroatoms. The van der Waals surface area contributed by atoms with E-state index in [2.05, 4.69) is 27.4 Å². The minimum Gasteiger partial charge on any atom is -0.271 e. The average Bonchev–Trinajstić information content (AvgIpc) is 2.82. The molecule has 0 saturated carbocycles. The van der Waals surface area contributed by atoms with Gasteiger partial charge in [-0.05, 0) is 47.2 Å². The molecule has 5 nitrogen and oxygen atoms in total. The molecule has 0 bridgehead atoms. The zero-order chi connectivity index (χ0) is 14.8. The summed E-state index contributed by atoms with van der Waals surface area (Å²) in [7, 11) is -3.09. The SMILES string of the molecule is CS(=O)(=O)N1CCCC(CC(NN)c2cc(Br)cs2)C1. The maximum atomic E-state index is 11.6. The largest absolute Gasteiger partial charge is 0.271 e. The highest BCUT2D eigenvalue weighted by Crippen LogP contribution is 2.32. The highest BCUT2D eigenvalue weighted by atomic mass is 79.9. The van der Waals surface area contributed by atoms with Crippen LogP contribution in [0.1, 0.15) is 30.2 Å². The predicted molar refractivity (Wildman–Crippen MR) is 85.8 cm³/mol. The molecule has 0 spiro atoms. The highest BCUT2D eigenvalue weighted by Gasteiger charge is 2.28. The van der Waals surface area contributed by atoms with E-state index < -0.39 is 10.0 Å². The van der Waals surface area contributed by atoms with Gasteiger partial charge in [-0.2, -0.15) is 0 Å². The van der Waals surface area contributed by atoms with Crippen LogP contribution < -0.4 is 11.3 Å². The molecule has 2 heterocycles. The molecule has 3 N–H and O–H groups in total. The van der Waals surface area contributed by atoms with Gasteiger partial charge in [-0.25, -0.2) is 12.7 Å². The third kappa shape index (κ3) is 4.25. The third-order valence-electron chi connectivity index (χ3n) is 3.65. The maximum absolute atomic E-state index is 11.6. The molecule has 0 amide bonds. The zero-order valence-electron chi connectivity index (χ0n) is 11.4. The van der Waals surface area contributed by atoms with Gasteiger partial charge in [-0.15, -0.1) is 11.3 Å². The van der Waals surface area contributed by atoms with Crippen molar-refractivity contribution in [1.29, 1.82) is 0 Å². The number of halogens is 1. The number of nitrogens with one attached hydrogen (secondary N) is 1. The van der Waals surface area contributed by atoms with E-state index in [1.165, 1.54) is 11.1 Å². The van der Waals surface area contributed by atoms with Crippen LogP contribution in [0.5, 0.6) is 0 Å². The van der Waals surface area contributed by atoms with Crippen molar-refractivity contribution < 1.29 is 8.42 Å². The first-order valence-corrected chi connectivity index (χ1v) is 10.1. The number of hydrogen-bond donors (Lipinski definition) is 2. The number of hydrazine groups is 1. The Labute approximate surface area is 132 Å². The Kier molecular flexibility index (Phi) is 5.61. The number of piperidine rings is 1. The van der Waals surface area contributed by atoms with Crippen molar-refractivity contribution >= 4 is 37.3 Å². The van der Waals surface area contributed by atoms with Gasteiger partial charge in [0.1, 0.15) is 0 Å². The molecule has 20 heavy (non-hydrogen) atoms. The molecule has 114 valence electrons. The van der Waals surface area contributed by atoms with E-state index in [9.17, 15) is 8.42 Å². The van der Waals surface area contributed by atoms with Gasteiger partial charge in [0, 0.05) is 27.8 Å². The molecule has 0 aliphatic carbocycles. The van der Waals surface area contributed by atoms with E-state index in [1.54, 1.807) is 15.6 Å². The topological polar surface area (TPSA) is 75.4 Å². The number of hydrogen-bond acceptors (Lipinski definition) is 5. The standard InChI is InChI=1S/C12H20BrN3O2S2/c1-20(17,18)16-4-2-3-9(7-16)5-11(15-14)12-6-10(13)8-19-12/h6,8-9,11,15H,2-5,7,14H2,1H3. The molecule has 1 aliphatic rings. The van der Waals surface area contributed by atoms with E-state index in [1.807, 2.05) is 5.38 Å². The van der Waals surface area contributed by atoms with Crippen molar-refractivity contribution in [2.24, 2.45) is 11.8 Å². The zero-order valence-corrected chi connectivity index (χ0v) is 14.6. The quantitative estimate of drug-likeness (QED) is 0.604. The summed E-state index contributed by atoms with van der Waals surface area (Å²) in [6, 6.07) is 2.14. The van der Waals surface area contributed by atoms with Crippen LogP contribution in [0.25, 0.3) is 0 Å². The first-order chi connectivity index (χ1) is 9.40. The van der Waals surface area contributed by atoms with Crippen molar-refractivity contribution in [3.8, 4) is 0 Å². The summed E-state index contributed by atoms with van der Waals surface area (Å²) < 4.78 is 25.9. The molecule has 2 rings (SSSR count). The van der Waals surface area contributed by atoms with Crippen LogP contribution in [0.2, 0.25) is 0 Å². The summed E-state index contributed by atoms with van der Waals surface area (Å²) in [5, 5.41) is 2.03. The summed E-state index contributed by atoms with van der Waals surface area (Å²) in [6.07, 6.45) is 4.11. The van der Waals surface area contributed by atoms with Gasteiger partial charge in [-0.1, -0.05) is 0 Å². The van der Waals surface area contributed by atoms with Crippen LogP contribution in [-0.4, -0.2) is 32.1 Å². The molecule has 1 aliphatic heterocycles. The van der Waals surface area contributed by atoms with Crippen molar-refractivity contribution in [2.75, 3.05) is 19.3 Å². The van der Waals surface area contributed by atoms with Gasteiger partial charge in [0.05, 0.1) is 12.3 Å². The summed E-state index contributed by atoms with van der Waals surface area (Å²) in [5.74, 6) is 6.01. The van der Waals surface area contributed by atoms with Gasteiger partial charge in [0.25, 0.3) is 0 Å². The van der Waals surface area contributed by atoms with Crippen LogP contribution in [0.15, 0.2) is 15.9 Å². The van der Waals surface area contributed by atoms with Crippen LogP contribution in [0.3, 0.4) is 0 Å². The van der Waals surface area contributed by atoms with Crippen molar-refractivity contribution in [3.05, 3.63) is 20.8 Å². The van der Waals surface area contributed by atoms with Crippen LogP contribution in [-0.2, 0) is 10.0 Å². The molecule has 2 atom stereocenters. The van der Waals surface area contributed by atoms with Crippen molar-refractivity contribution in [1.82, 2.24) is 9.73 Å². The second-order valence-corrected chi connectivity index (χ2v) is 9.09. The fraction of sp³-hybridized carbons (Fsp3) is 0.667. The van der Waals surface area contributed by atoms with Crippen LogP contribution >= 0.6 is 27.3 Å². The molecule has 0 radical (unpaired) electrons. The predicted octanol–water partition coefficient (Wildman–Crippen LogP) is 2.08. The van der Waals surface area contributed by atoms with Crippen molar-refractivity contribution in [3.63, 3.8) is 0 Å². The average molecular weight is 382 g/mol.